The first-order chi connectivity index (χ1) is 6.99. The van der Waals surface area contributed by atoms with E-state index in [9.17, 15) is 4.79 Å². The van der Waals surface area contributed by atoms with Gasteiger partial charge in [-0.1, -0.05) is 15.9 Å². The second-order valence-corrected chi connectivity index (χ2v) is 4.87. The number of carbonyl (C=O) groups is 1. The summed E-state index contributed by atoms with van der Waals surface area (Å²) >= 11 is 6.66. The Bertz CT molecular complexity index is 366. The predicted molar refractivity (Wildman–Crippen MR) is 64.2 cm³/mol. The molecule has 1 aromatic carbocycles. The third-order valence-electron chi connectivity index (χ3n) is 1.68. The first-order valence-corrected chi connectivity index (χ1v) is 5.91. The van der Waals surface area contributed by atoms with Crippen molar-refractivity contribution in [3.63, 3.8) is 0 Å². The SMILES string of the molecule is C[C@@H](CC(=O)O)Oc1ccc(Br)cc1Br. The molecule has 0 radical (unpaired) electrons. The van der Waals surface area contributed by atoms with Crippen molar-refractivity contribution >= 4 is 37.8 Å². The van der Waals surface area contributed by atoms with Gasteiger partial charge in [-0.2, -0.15) is 0 Å². The van der Waals surface area contributed by atoms with E-state index < -0.39 is 5.97 Å². The van der Waals surface area contributed by atoms with E-state index in [4.69, 9.17) is 9.84 Å². The molecule has 82 valence electrons. The summed E-state index contributed by atoms with van der Waals surface area (Å²) in [5, 5.41) is 8.58. The maximum Gasteiger partial charge on any atom is 0.307 e. The van der Waals surface area contributed by atoms with E-state index in [-0.39, 0.29) is 12.5 Å². The molecule has 1 atom stereocenters. The van der Waals surface area contributed by atoms with E-state index in [1.807, 2.05) is 12.1 Å². The van der Waals surface area contributed by atoms with Crippen LogP contribution in [0.25, 0.3) is 0 Å². The molecule has 15 heavy (non-hydrogen) atoms. The Labute approximate surface area is 105 Å². The van der Waals surface area contributed by atoms with Crippen LogP contribution in [0, 0.1) is 0 Å². The molecule has 0 saturated carbocycles. The lowest BCUT2D eigenvalue weighted by atomic mass is 10.3. The fraction of sp³-hybridized carbons (Fsp3) is 0.300. The van der Waals surface area contributed by atoms with Crippen LogP contribution in [0.4, 0.5) is 0 Å². The highest BCUT2D eigenvalue weighted by Crippen LogP contribution is 2.29. The van der Waals surface area contributed by atoms with Crippen LogP contribution in [0.1, 0.15) is 13.3 Å². The lowest BCUT2D eigenvalue weighted by molar-refractivity contribution is -0.138. The van der Waals surface area contributed by atoms with Gasteiger partial charge in [-0.05, 0) is 41.1 Å². The lowest BCUT2D eigenvalue weighted by Crippen LogP contribution is -2.16. The zero-order valence-electron chi connectivity index (χ0n) is 8.04. The molecule has 0 aliphatic rings. The molecule has 0 saturated heterocycles. The van der Waals surface area contributed by atoms with Crippen LogP contribution in [0.15, 0.2) is 27.1 Å². The van der Waals surface area contributed by atoms with Gasteiger partial charge in [0, 0.05) is 4.47 Å². The van der Waals surface area contributed by atoms with Crippen LogP contribution >= 0.6 is 31.9 Å². The first kappa shape index (κ1) is 12.5. The summed E-state index contributed by atoms with van der Waals surface area (Å²) in [5.41, 5.74) is 0. The van der Waals surface area contributed by atoms with E-state index in [2.05, 4.69) is 31.9 Å². The van der Waals surface area contributed by atoms with E-state index in [1.54, 1.807) is 13.0 Å². The van der Waals surface area contributed by atoms with Crippen molar-refractivity contribution in [2.75, 3.05) is 0 Å². The van der Waals surface area contributed by atoms with Gasteiger partial charge >= 0.3 is 5.97 Å². The van der Waals surface area contributed by atoms with Crippen molar-refractivity contribution in [1.29, 1.82) is 0 Å². The van der Waals surface area contributed by atoms with Gasteiger partial charge in [0.25, 0.3) is 0 Å². The van der Waals surface area contributed by atoms with Crippen LogP contribution < -0.4 is 4.74 Å². The molecule has 0 heterocycles. The number of hydrogen-bond donors (Lipinski definition) is 1. The minimum absolute atomic E-state index is 0.0114. The molecule has 0 unspecified atom stereocenters. The Hall–Kier alpha value is -0.550. The Morgan fingerprint density at radius 2 is 2.20 bits per heavy atom. The summed E-state index contributed by atoms with van der Waals surface area (Å²) in [4.78, 5) is 10.4. The van der Waals surface area contributed by atoms with Gasteiger partial charge in [-0.15, -0.1) is 0 Å². The summed E-state index contributed by atoms with van der Waals surface area (Å²) < 4.78 is 7.20. The molecule has 0 bridgehead atoms. The Morgan fingerprint density at radius 3 is 2.73 bits per heavy atom. The summed E-state index contributed by atoms with van der Waals surface area (Å²) in [7, 11) is 0. The molecule has 5 heteroatoms. The van der Waals surface area contributed by atoms with Crippen molar-refractivity contribution in [3.05, 3.63) is 27.1 Å². The van der Waals surface area contributed by atoms with Gasteiger partial charge in [0.15, 0.2) is 0 Å². The number of benzene rings is 1. The smallest absolute Gasteiger partial charge is 0.307 e. The monoisotopic (exact) mass is 336 g/mol. The molecule has 0 amide bonds. The summed E-state index contributed by atoms with van der Waals surface area (Å²) in [6, 6.07) is 5.48. The van der Waals surface area contributed by atoms with E-state index in [0.29, 0.717) is 5.75 Å². The molecule has 1 aromatic rings. The Balaban J connectivity index is 2.68. The van der Waals surface area contributed by atoms with Crippen LogP contribution in [-0.2, 0) is 4.79 Å². The number of carboxylic acids is 1. The fourth-order valence-corrected chi connectivity index (χ4v) is 2.22. The highest BCUT2D eigenvalue weighted by molar-refractivity contribution is 9.11. The van der Waals surface area contributed by atoms with Crippen molar-refractivity contribution in [2.24, 2.45) is 0 Å². The van der Waals surface area contributed by atoms with Crippen LogP contribution in [0.3, 0.4) is 0 Å². The third-order valence-corrected chi connectivity index (χ3v) is 2.80. The fourth-order valence-electron chi connectivity index (χ4n) is 1.08. The number of carboxylic acid groups (broad SMARTS) is 1. The summed E-state index contributed by atoms with van der Waals surface area (Å²) in [5.74, 6) is -0.220. The molecule has 0 aromatic heterocycles. The minimum atomic E-state index is -0.865. The predicted octanol–water partition coefficient (Wildman–Crippen LogP) is 3.45. The standard InChI is InChI=1S/C10H10Br2O3/c1-6(4-10(13)14)15-9-3-2-7(11)5-8(9)12/h2-3,5-6H,4H2,1H3,(H,13,14)/t6-/m0/s1. The molecular weight excluding hydrogens is 328 g/mol. The quantitative estimate of drug-likeness (QED) is 0.915. The Morgan fingerprint density at radius 1 is 1.53 bits per heavy atom. The average Bonchev–Trinajstić information content (AvgIpc) is 2.08. The normalized spacial score (nSPS) is 12.2. The summed E-state index contributed by atoms with van der Waals surface area (Å²) in [6.45, 7) is 1.72. The molecular formula is C10H10Br2O3. The second-order valence-electron chi connectivity index (χ2n) is 3.10. The molecule has 1 rings (SSSR count). The van der Waals surface area contributed by atoms with Crippen molar-refractivity contribution in [1.82, 2.24) is 0 Å². The average molecular weight is 338 g/mol. The van der Waals surface area contributed by atoms with Crippen LogP contribution in [0.5, 0.6) is 5.75 Å². The zero-order chi connectivity index (χ0) is 11.4. The van der Waals surface area contributed by atoms with E-state index >= 15 is 0 Å². The zero-order valence-corrected chi connectivity index (χ0v) is 11.2. The number of hydrogen-bond acceptors (Lipinski definition) is 2. The van der Waals surface area contributed by atoms with Crippen molar-refractivity contribution in [2.45, 2.75) is 19.4 Å². The highest BCUT2D eigenvalue weighted by atomic mass is 79.9. The third kappa shape index (κ3) is 4.22. The number of aliphatic carboxylic acids is 1. The van der Waals surface area contributed by atoms with Crippen LogP contribution in [-0.4, -0.2) is 17.2 Å². The van der Waals surface area contributed by atoms with Gasteiger partial charge in [-0.3, -0.25) is 4.79 Å². The molecule has 1 N–H and O–H groups in total. The van der Waals surface area contributed by atoms with Gasteiger partial charge in [0.05, 0.1) is 10.9 Å². The summed E-state index contributed by atoms with van der Waals surface area (Å²) in [6.07, 6.45) is -0.359. The van der Waals surface area contributed by atoms with Gasteiger partial charge in [0.1, 0.15) is 11.9 Å². The lowest BCUT2D eigenvalue weighted by Gasteiger charge is -2.13. The van der Waals surface area contributed by atoms with E-state index in [0.717, 1.165) is 8.95 Å². The van der Waals surface area contributed by atoms with Gasteiger partial charge in [0.2, 0.25) is 0 Å². The highest BCUT2D eigenvalue weighted by Gasteiger charge is 2.10. The van der Waals surface area contributed by atoms with Gasteiger partial charge in [-0.25, -0.2) is 0 Å². The van der Waals surface area contributed by atoms with E-state index in [1.165, 1.54) is 0 Å². The molecule has 0 aliphatic heterocycles. The molecule has 0 aliphatic carbocycles. The molecule has 0 spiro atoms. The number of halogens is 2. The minimum Gasteiger partial charge on any atom is -0.489 e. The Kier molecular flexibility index (Phi) is 4.60. The number of rotatable bonds is 4. The first-order valence-electron chi connectivity index (χ1n) is 4.32. The van der Waals surface area contributed by atoms with Crippen molar-refractivity contribution in [3.8, 4) is 5.75 Å². The van der Waals surface area contributed by atoms with Crippen LogP contribution in [0.2, 0.25) is 0 Å². The number of ether oxygens (including phenoxy) is 1. The second kappa shape index (κ2) is 5.51. The molecule has 0 fully saturated rings. The maximum absolute atomic E-state index is 10.4. The van der Waals surface area contributed by atoms with Gasteiger partial charge < -0.3 is 9.84 Å². The maximum atomic E-state index is 10.4. The largest absolute Gasteiger partial charge is 0.489 e. The topological polar surface area (TPSA) is 46.5 Å². The molecule has 3 nitrogen and oxygen atoms in total. The van der Waals surface area contributed by atoms with Crippen molar-refractivity contribution < 1.29 is 14.6 Å².